The Morgan fingerprint density at radius 3 is 2.60 bits per heavy atom. The summed E-state index contributed by atoms with van der Waals surface area (Å²) in [7, 11) is -1.39. The van der Waals surface area contributed by atoms with Gasteiger partial charge in [-0.1, -0.05) is 25.0 Å². The molecule has 0 aliphatic carbocycles. The third kappa shape index (κ3) is 5.28. The van der Waals surface area contributed by atoms with E-state index >= 15 is 0 Å². The van der Waals surface area contributed by atoms with Gasteiger partial charge in [0.05, 0.1) is 0 Å². The van der Waals surface area contributed by atoms with E-state index in [9.17, 15) is 14.3 Å². The molecule has 1 aromatic rings. The lowest BCUT2D eigenvalue weighted by atomic mass is 9.81. The number of rotatable bonds is 8. The van der Waals surface area contributed by atoms with Crippen molar-refractivity contribution < 1.29 is 24.3 Å². The lowest BCUT2D eigenvalue weighted by Crippen LogP contribution is -2.49. The predicted octanol–water partition coefficient (Wildman–Crippen LogP) is 0.793. The second-order valence-electron chi connectivity index (χ2n) is 4.99. The first-order chi connectivity index (χ1) is 9.33. The standard InChI is InChI=1S/C13H19BFNO4/c15-11-5-3-4-10(8-11)9-13(16,12(17)18)6-1-2-7-14(19)20/h3-5,8,19-20H,1-2,6-7,9,16H2,(H,17,18). The lowest BCUT2D eigenvalue weighted by Gasteiger charge is -2.25. The average Bonchev–Trinajstić information content (AvgIpc) is 2.34. The second kappa shape index (κ2) is 7.37. The maximum absolute atomic E-state index is 13.1. The fourth-order valence-corrected chi connectivity index (χ4v) is 2.05. The molecule has 0 aromatic heterocycles. The molecule has 7 heteroatoms. The van der Waals surface area contributed by atoms with Gasteiger partial charge in [-0.25, -0.2) is 4.39 Å². The normalized spacial score (nSPS) is 13.8. The van der Waals surface area contributed by atoms with Crippen LogP contribution in [0.15, 0.2) is 24.3 Å². The molecule has 0 radical (unpaired) electrons. The van der Waals surface area contributed by atoms with Crippen molar-refractivity contribution in [2.24, 2.45) is 5.73 Å². The molecule has 0 heterocycles. The van der Waals surface area contributed by atoms with Gasteiger partial charge in [0.1, 0.15) is 11.4 Å². The van der Waals surface area contributed by atoms with Gasteiger partial charge in [-0.05, 0) is 30.4 Å². The summed E-state index contributed by atoms with van der Waals surface area (Å²) in [6.07, 6.45) is 1.31. The number of carbonyl (C=O) groups is 1. The zero-order valence-electron chi connectivity index (χ0n) is 11.1. The first-order valence-corrected chi connectivity index (χ1v) is 6.46. The topological polar surface area (TPSA) is 104 Å². The fourth-order valence-electron chi connectivity index (χ4n) is 2.05. The first-order valence-electron chi connectivity index (χ1n) is 6.46. The minimum atomic E-state index is -1.48. The molecule has 0 saturated heterocycles. The summed E-state index contributed by atoms with van der Waals surface area (Å²) in [5.74, 6) is -1.58. The van der Waals surface area contributed by atoms with E-state index < -0.39 is 24.4 Å². The predicted molar refractivity (Wildman–Crippen MR) is 73.5 cm³/mol. The second-order valence-corrected chi connectivity index (χ2v) is 4.99. The molecule has 1 unspecified atom stereocenters. The smallest absolute Gasteiger partial charge is 0.451 e. The molecule has 1 atom stereocenters. The summed E-state index contributed by atoms with van der Waals surface area (Å²) >= 11 is 0. The van der Waals surface area contributed by atoms with Crippen LogP contribution < -0.4 is 5.73 Å². The Morgan fingerprint density at radius 2 is 2.05 bits per heavy atom. The number of aliphatic carboxylic acids is 1. The summed E-state index contributed by atoms with van der Waals surface area (Å²) < 4.78 is 13.1. The van der Waals surface area contributed by atoms with Gasteiger partial charge >= 0.3 is 13.1 Å². The van der Waals surface area contributed by atoms with Crippen molar-refractivity contribution in [3.8, 4) is 0 Å². The van der Waals surface area contributed by atoms with Crippen molar-refractivity contribution in [3.63, 3.8) is 0 Å². The van der Waals surface area contributed by atoms with Crippen LogP contribution in [0.1, 0.15) is 24.8 Å². The van der Waals surface area contributed by atoms with Gasteiger partial charge in [-0.15, -0.1) is 0 Å². The molecule has 1 aromatic carbocycles. The van der Waals surface area contributed by atoms with E-state index in [-0.39, 0.29) is 19.2 Å². The Balaban J connectivity index is 2.64. The molecule has 5 N–H and O–H groups in total. The van der Waals surface area contributed by atoms with Crippen LogP contribution in [0.4, 0.5) is 4.39 Å². The maximum atomic E-state index is 13.1. The van der Waals surface area contributed by atoms with Crippen molar-refractivity contribution in [1.82, 2.24) is 0 Å². The summed E-state index contributed by atoms with van der Waals surface area (Å²) in [5, 5.41) is 26.7. The van der Waals surface area contributed by atoms with Crippen LogP contribution in [-0.2, 0) is 11.2 Å². The van der Waals surface area contributed by atoms with E-state index in [4.69, 9.17) is 15.8 Å². The van der Waals surface area contributed by atoms with E-state index in [1.807, 2.05) is 0 Å². The van der Waals surface area contributed by atoms with E-state index in [0.29, 0.717) is 18.4 Å². The number of benzene rings is 1. The van der Waals surface area contributed by atoms with Crippen molar-refractivity contribution in [2.75, 3.05) is 0 Å². The van der Waals surface area contributed by atoms with Crippen molar-refractivity contribution in [1.29, 1.82) is 0 Å². The maximum Gasteiger partial charge on any atom is 0.451 e. The van der Waals surface area contributed by atoms with Gasteiger partial charge in [0.2, 0.25) is 0 Å². The molecular formula is C13H19BFNO4. The Hall–Kier alpha value is -1.44. The largest absolute Gasteiger partial charge is 0.480 e. The minimum absolute atomic E-state index is 0.0295. The van der Waals surface area contributed by atoms with Crippen LogP contribution >= 0.6 is 0 Å². The highest BCUT2D eigenvalue weighted by Crippen LogP contribution is 2.20. The summed E-state index contributed by atoms with van der Waals surface area (Å²) in [5.41, 5.74) is 4.94. The first kappa shape index (κ1) is 16.6. The molecule has 0 saturated carbocycles. The van der Waals surface area contributed by atoms with Crippen LogP contribution in [0.3, 0.4) is 0 Å². The molecule has 0 spiro atoms. The van der Waals surface area contributed by atoms with Gasteiger partial charge in [-0.3, -0.25) is 4.79 Å². The van der Waals surface area contributed by atoms with Crippen LogP contribution in [0.25, 0.3) is 0 Å². The third-order valence-corrected chi connectivity index (χ3v) is 3.17. The van der Waals surface area contributed by atoms with Gasteiger partial charge < -0.3 is 20.9 Å². The number of hydrogen-bond acceptors (Lipinski definition) is 4. The molecular weight excluding hydrogens is 264 g/mol. The van der Waals surface area contributed by atoms with Crippen LogP contribution in [0.2, 0.25) is 6.32 Å². The number of nitrogens with two attached hydrogens (primary N) is 1. The highest BCUT2D eigenvalue weighted by atomic mass is 19.1. The minimum Gasteiger partial charge on any atom is -0.480 e. The number of unbranched alkanes of at least 4 members (excludes halogenated alkanes) is 1. The third-order valence-electron chi connectivity index (χ3n) is 3.17. The van der Waals surface area contributed by atoms with Crippen LogP contribution in [0.5, 0.6) is 0 Å². The highest BCUT2D eigenvalue weighted by molar-refractivity contribution is 6.40. The molecule has 1 rings (SSSR count). The molecule has 0 fully saturated rings. The van der Waals surface area contributed by atoms with Gasteiger partial charge in [0.25, 0.3) is 0 Å². The molecule has 110 valence electrons. The van der Waals surface area contributed by atoms with Gasteiger partial charge in [-0.2, -0.15) is 0 Å². The Labute approximate surface area is 117 Å². The van der Waals surface area contributed by atoms with Crippen molar-refractivity contribution in [3.05, 3.63) is 35.6 Å². The highest BCUT2D eigenvalue weighted by Gasteiger charge is 2.33. The molecule has 5 nitrogen and oxygen atoms in total. The molecule has 0 bridgehead atoms. The molecule has 0 aliphatic heterocycles. The van der Waals surface area contributed by atoms with E-state index in [1.165, 1.54) is 18.2 Å². The Bertz CT molecular complexity index is 458. The summed E-state index contributed by atoms with van der Waals surface area (Å²) in [6.45, 7) is 0. The summed E-state index contributed by atoms with van der Waals surface area (Å²) in [6, 6.07) is 5.69. The van der Waals surface area contributed by atoms with Crippen molar-refractivity contribution >= 4 is 13.1 Å². The number of carboxylic acid groups (broad SMARTS) is 1. The quantitative estimate of drug-likeness (QED) is 0.417. The monoisotopic (exact) mass is 283 g/mol. The lowest BCUT2D eigenvalue weighted by molar-refractivity contribution is -0.143. The van der Waals surface area contributed by atoms with E-state index in [1.54, 1.807) is 6.07 Å². The van der Waals surface area contributed by atoms with Gasteiger partial charge in [0.15, 0.2) is 0 Å². The Morgan fingerprint density at radius 1 is 1.35 bits per heavy atom. The van der Waals surface area contributed by atoms with E-state index in [0.717, 1.165) is 0 Å². The zero-order valence-corrected chi connectivity index (χ0v) is 11.1. The molecule has 0 amide bonds. The number of carboxylic acids is 1. The van der Waals surface area contributed by atoms with Crippen molar-refractivity contribution in [2.45, 2.75) is 37.5 Å². The molecule has 0 aliphatic rings. The van der Waals surface area contributed by atoms with E-state index in [2.05, 4.69) is 0 Å². The van der Waals surface area contributed by atoms with Crippen LogP contribution in [0, 0.1) is 5.82 Å². The number of hydrogen-bond donors (Lipinski definition) is 4. The molecule has 20 heavy (non-hydrogen) atoms. The zero-order chi connectivity index (χ0) is 15.2. The summed E-state index contributed by atoms with van der Waals surface area (Å²) in [4.78, 5) is 11.3. The number of halogens is 1. The SMILES string of the molecule is NC(CCCCB(O)O)(Cc1cccc(F)c1)C(=O)O. The fraction of sp³-hybridized carbons (Fsp3) is 0.462. The average molecular weight is 283 g/mol. The van der Waals surface area contributed by atoms with Crippen LogP contribution in [-0.4, -0.2) is 33.8 Å². The van der Waals surface area contributed by atoms with Gasteiger partial charge in [0, 0.05) is 6.42 Å². The Kier molecular flexibility index (Phi) is 6.13.